The molecule has 1 fully saturated rings. The smallest absolute Gasteiger partial charge is 0.226 e. The third kappa shape index (κ3) is 9.20. The van der Waals surface area contributed by atoms with Crippen molar-refractivity contribution in [3.05, 3.63) is 28.8 Å². The molecule has 0 aromatic heterocycles. The Morgan fingerprint density at radius 3 is 2.76 bits per heavy atom. The molecule has 0 atom stereocenters. The molecule has 1 heterocycles. The van der Waals surface area contributed by atoms with E-state index in [0.29, 0.717) is 42.6 Å². The summed E-state index contributed by atoms with van der Waals surface area (Å²) in [4.78, 5) is 30.1. The molecule has 1 aliphatic heterocycles. The molecule has 3 N–H and O–H groups in total. The van der Waals surface area contributed by atoms with Gasteiger partial charge in [0.15, 0.2) is 5.96 Å². The van der Waals surface area contributed by atoms with Crippen LogP contribution < -0.4 is 16.0 Å². The Balaban J connectivity index is 0.00000420. The Hall–Kier alpha value is -1.55. The monoisotopic (exact) mass is 535 g/mol. The number of guanidine groups is 1. The van der Waals surface area contributed by atoms with E-state index >= 15 is 0 Å². The van der Waals surface area contributed by atoms with Gasteiger partial charge in [0.1, 0.15) is 0 Å². The summed E-state index contributed by atoms with van der Waals surface area (Å²) >= 11 is 6.14. The van der Waals surface area contributed by atoms with Crippen LogP contribution in [0.2, 0.25) is 5.02 Å². The van der Waals surface area contributed by atoms with Gasteiger partial charge in [0.2, 0.25) is 11.8 Å². The maximum Gasteiger partial charge on any atom is 0.226 e. The molecule has 9 heteroatoms. The average molecular weight is 536 g/mol. The quantitative estimate of drug-likeness (QED) is 0.196. The lowest BCUT2D eigenvalue weighted by molar-refractivity contribution is -0.127. The minimum absolute atomic E-state index is 0. The molecule has 1 aromatic rings. The van der Waals surface area contributed by atoms with Gasteiger partial charge < -0.3 is 20.9 Å². The number of likely N-dealkylation sites (tertiary alicyclic amines) is 1. The second kappa shape index (κ2) is 13.6. The van der Waals surface area contributed by atoms with Crippen molar-refractivity contribution in [3.8, 4) is 0 Å². The fourth-order valence-electron chi connectivity index (χ4n) is 2.96. The molecule has 0 radical (unpaired) electrons. The zero-order chi connectivity index (χ0) is 20.4. The van der Waals surface area contributed by atoms with Crippen molar-refractivity contribution in [2.75, 3.05) is 38.0 Å². The van der Waals surface area contributed by atoms with E-state index in [2.05, 4.69) is 20.9 Å². The Labute approximate surface area is 195 Å². The maximum absolute atomic E-state index is 12.1. The van der Waals surface area contributed by atoms with Crippen LogP contribution in [0.1, 0.15) is 38.2 Å². The lowest BCUT2D eigenvalue weighted by Gasteiger charge is -2.15. The van der Waals surface area contributed by atoms with Crippen molar-refractivity contribution < 1.29 is 9.59 Å². The second-order valence-corrected chi connectivity index (χ2v) is 7.21. The van der Waals surface area contributed by atoms with E-state index in [1.165, 1.54) is 0 Å². The van der Waals surface area contributed by atoms with Crippen LogP contribution in [-0.4, -0.2) is 55.4 Å². The minimum atomic E-state index is -0.110. The van der Waals surface area contributed by atoms with E-state index in [1.54, 1.807) is 6.07 Å². The molecule has 2 amide bonds. The first kappa shape index (κ1) is 25.5. The average Bonchev–Trinajstić information content (AvgIpc) is 3.06. The first-order valence-corrected chi connectivity index (χ1v) is 10.2. The predicted octanol–water partition coefficient (Wildman–Crippen LogP) is 3.16. The number of carbonyl (C=O) groups is 2. The van der Waals surface area contributed by atoms with Crippen LogP contribution in [-0.2, 0) is 9.59 Å². The van der Waals surface area contributed by atoms with Crippen LogP contribution in [0.5, 0.6) is 0 Å². The van der Waals surface area contributed by atoms with Crippen molar-refractivity contribution in [1.29, 1.82) is 0 Å². The highest BCUT2D eigenvalue weighted by Gasteiger charge is 2.18. The summed E-state index contributed by atoms with van der Waals surface area (Å²) in [6.45, 7) is 7.39. The third-order valence-corrected chi connectivity index (χ3v) is 4.73. The Kier molecular flexibility index (Phi) is 12.0. The Morgan fingerprint density at radius 1 is 1.31 bits per heavy atom. The largest absolute Gasteiger partial charge is 0.357 e. The number of aryl methyl sites for hydroxylation is 1. The standard InChI is InChI=1S/C20H30ClN5O2.HI/c1-3-22-20(23-10-5-13-26-12-4-6-19(26)28)24-11-9-18(27)25-17-8-7-15(2)14-16(17)21;/h7-8,14H,3-6,9-13H2,1-2H3,(H,25,27)(H2,22,23,24);1H. The highest BCUT2D eigenvalue weighted by atomic mass is 127. The molecule has 1 aromatic carbocycles. The van der Waals surface area contributed by atoms with E-state index in [0.717, 1.165) is 38.0 Å². The lowest BCUT2D eigenvalue weighted by Crippen LogP contribution is -2.39. The molecule has 0 bridgehead atoms. The topological polar surface area (TPSA) is 85.8 Å². The summed E-state index contributed by atoms with van der Waals surface area (Å²) in [6.07, 6.45) is 2.76. The summed E-state index contributed by atoms with van der Waals surface area (Å²) in [6, 6.07) is 5.53. The number of hydrogen-bond acceptors (Lipinski definition) is 3. The molecule has 1 saturated heterocycles. The number of hydrogen-bond donors (Lipinski definition) is 3. The van der Waals surface area contributed by atoms with Gasteiger partial charge in [-0.1, -0.05) is 17.7 Å². The fourth-order valence-corrected chi connectivity index (χ4v) is 3.25. The van der Waals surface area contributed by atoms with Crippen LogP contribution in [0.15, 0.2) is 23.2 Å². The third-order valence-electron chi connectivity index (χ3n) is 4.41. The predicted molar refractivity (Wildman–Crippen MR) is 129 cm³/mol. The van der Waals surface area contributed by atoms with E-state index in [-0.39, 0.29) is 35.8 Å². The lowest BCUT2D eigenvalue weighted by atomic mass is 10.2. The fraction of sp³-hybridized carbons (Fsp3) is 0.550. The van der Waals surface area contributed by atoms with Gasteiger partial charge in [-0.2, -0.15) is 0 Å². The van der Waals surface area contributed by atoms with Crippen molar-refractivity contribution in [1.82, 2.24) is 15.5 Å². The van der Waals surface area contributed by atoms with Crippen molar-refractivity contribution in [2.45, 2.75) is 39.5 Å². The summed E-state index contributed by atoms with van der Waals surface area (Å²) < 4.78 is 0. The summed E-state index contributed by atoms with van der Waals surface area (Å²) in [5, 5.41) is 9.68. The number of rotatable bonds is 9. The van der Waals surface area contributed by atoms with Crippen LogP contribution in [0, 0.1) is 6.92 Å². The van der Waals surface area contributed by atoms with Crippen molar-refractivity contribution in [3.63, 3.8) is 0 Å². The highest BCUT2D eigenvalue weighted by molar-refractivity contribution is 14.0. The molecule has 162 valence electrons. The van der Waals surface area contributed by atoms with Gasteiger partial charge >= 0.3 is 0 Å². The summed E-state index contributed by atoms with van der Waals surface area (Å²) in [5.41, 5.74) is 1.67. The first-order valence-electron chi connectivity index (χ1n) is 9.85. The van der Waals surface area contributed by atoms with Gasteiger partial charge in [0.05, 0.1) is 10.7 Å². The van der Waals surface area contributed by atoms with Gasteiger partial charge in [0, 0.05) is 45.6 Å². The van der Waals surface area contributed by atoms with Crippen LogP contribution in [0.3, 0.4) is 0 Å². The van der Waals surface area contributed by atoms with E-state index in [9.17, 15) is 9.59 Å². The molecular weight excluding hydrogens is 505 g/mol. The highest BCUT2D eigenvalue weighted by Crippen LogP contribution is 2.22. The molecule has 29 heavy (non-hydrogen) atoms. The normalized spacial score (nSPS) is 13.8. The molecule has 7 nitrogen and oxygen atoms in total. The van der Waals surface area contributed by atoms with Crippen molar-refractivity contribution in [2.24, 2.45) is 4.99 Å². The number of nitrogens with one attached hydrogen (secondary N) is 3. The number of aliphatic imine (C=N–C) groups is 1. The van der Waals surface area contributed by atoms with Gasteiger partial charge in [-0.15, -0.1) is 24.0 Å². The minimum Gasteiger partial charge on any atom is -0.357 e. The van der Waals surface area contributed by atoms with Gasteiger partial charge in [-0.25, -0.2) is 0 Å². The molecule has 1 aliphatic rings. The SMILES string of the molecule is CCNC(=NCCCN1CCCC1=O)NCCC(=O)Nc1ccc(C)cc1Cl.I. The molecule has 0 spiro atoms. The molecular formula is C20H31ClIN5O2. The number of anilines is 1. The number of nitrogens with zero attached hydrogens (tertiary/aromatic N) is 2. The zero-order valence-corrected chi connectivity index (χ0v) is 20.2. The van der Waals surface area contributed by atoms with Crippen LogP contribution in [0.4, 0.5) is 5.69 Å². The molecule has 2 rings (SSSR count). The van der Waals surface area contributed by atoms with Gasteiger partial charge in [-0.3, -0.25) is 14.6 Å². The maximum atomic E-state index is 12.1. The Bertz CT molecular complexity index is 714. The second-order valence-electron chi connectivity index (χ2n) is 6.81. The molecule has 0 saturated carbocycles. The van der Waals surface area contributed by atoms with Crippen LogP contribution in [0.25, 0.3) is 0 Å². The number of carbonyl (C=O) groups excluding carboxylic acids is 2. The van der Waals surface area contributed by atoms with Crippen molar-refractivity contribution >= 4 is 59.0 Å². The first-order chi connectivity index (χ1) is 13.5. The molecule has 0 unspecified atom stereocenters. The number of halogens is 2. The zero-order valence-electron chi connectivity index (χ0n) is 17.1. The summed E-state index contributed by atoms with van der Waals surface area (Å²) in [5.74, 6) is 0.812. The van der Waals surface area contributed by atoms with Crippen LogP contribution >= 0.6 is 35.6 Å². The van der Waals surface area contributed by atoms with E-state index in [4.69, 9.17) is 11.6 Å². The van der Waals surface area contributed by atoms with E-state index in [1.807, 2.05) is 30.9 Å². The molecule has 0 aliphatic carbocycles. The number of benzene rings is 1. The number of amides is 2. The van der Waals surface area contributed by atoms with E-state index < -0.39 is 0 Å². The van der Waals surface area contributed by atoms with Gasteiger partial charge in [-0.05, 0) is 44.4 Å². The van der Waals surface area contributed by atoms with Gasteiger partial charge in [0.25, 0.3) is 0 Å². The summed E-state index contributed by atoms with van der Waals surface area (Å²) in [7, 11) is 0. The Morgan fingerprint density at radius 2 is 2.10 bits per heavy atom.